The summed E-state index contributed by atoms with van der Waals surface area (Å²) in [4.78, 5) is 40.8. The van der Waals surface area contributed by atoms with Gasteiger partial charge < -0.3 is 29.6 Å². The van der Waals surface area contributed by atoms with Gasteiger partial charge in [0.05, 0.1) is 65.9 Å². The van der Waals surface area contributed by atoms with Crippen LogP contribution in [0.25, 0.3) is 21.5 Å². The molecular formula is C40H52N6O4S2+2. The van der Waals surface area contributed by atoms with Crippen molar-refractivity contribution in [1.29, 1.82) is 0 Å². The zero-order valence-corrected chi connectivity index (χ0v) is 32.8. The molecule has 0 aliphatic carbocycles. The molecule has 2 heterocycles. The number of hydrogen-bond acceptors (Lipinski definition) is 8. The highest BCUT2D eigenvalue weighted by atomic mass is 33.1. The normalized spacial score (nSPS) is 16.0. The highest BCUT2D eigenvalue weighted by Crippen LogP contribution is 2.38. The van der Waals surface area contributed by atoms with Crippen molar-refractivity contribution in [3.8, 4) is 0 Å². The van der Waals surface area contributed by atoms with Crippen molar-refractivity contribution in [3.05, 3.63) is 82.9 Å². The molecule has 0 radical (unpaired) electrons. The Morgan fingerprint density at radius 3 is 1.67 bits per heavy atom. The average Bonchev–Trinajstić information content (AvgIpc) is 3.13. The van der Waals surface area contributed by atoms with E-state index < -0.39 is 6.23 Å². The largest absolute Gasteiger partial charge is 0.384 e. The third-order valence-electron chi connectivity index (χ3n) is 10.5. The number of rotatable bonds is 17. The minimum atomic E-state index is -0.926. The number of nitrogens with zero attached hydrogens (tertiary/aromatic N) is 4. The summed E-state index contributed by atoms with van der Waals surface area (Å²) in [7, 11) is 16.3. The lowest BCUT2D eigenvalue weighted by Crippen LogP contribution is -2.43. The van der Waals surface area contributed by atoms with E-state index in [1.54, 1.807) is 13.1 Å². The fourth-order valence-electron chi connectivity index (χ4n) is 7.23. The van der Waals surface area contributed by atoms with Gasteiger partial charge in [0.2, 0.25) is 0 Å². The molecule has 3 amide bonds. The van der Waals surface area contributed by atoms with Gasteiger partial charge in [-0.15, -0.1) is 0 Å². The van der Waals surface area contributed by atoms with Crippen molar-refractivity contribution in [2.45, 2.75) is 19.1 Å². The first-order valence-electron chi connectivity index (χ1n) is 18.0. The topological polar surface area (TPSA) is 102 Å². The molecule has 52 heavy (non-hydrogen) atoms. The van der Waals surface area contributed by atoms with Crippen molar-refractivity contribution in [2.75, 3.05) is 104 Å². The first kappa shape index (κ1) is 37.9. The monoisotopic (exact) mass is 744 g/mol. The van der Waals surface area contributed by atoms with E-state index in [2.05, 4.69) is 38.8 Å². The molecular weight excluding hydrogens is 693 g/mol. The smallest absolute Gasteiger partial charge is 0.261 e. The second kappa shape index (κ2) is 15.7. The van der Waals surface area contributed by atoms with E-state index in [1.165, 1.54) is 16.8 Å². The van der Waals surface area contributed by atoms with Gasteiger partial charge in [-0.25, -0.2) is 0 Å². The summed E-state index contributed by atoms with van der Waals surface area (Å²) in [6, 6.07) is 19.2. The summed E-state index contributed by atoms with van der Waals surface area (Å²) >= 11 is 0. The molecule has 1 unspecified atom stereocenters. The van der Waals surface area contributed by atoms with Crippen molar-refractivity contribution in [2.24, 2.45) is 0 Å². The van der Waals surface area contributed by atoms with Crippen LogP contribution in [0.2, 0.25) is 0 Å². The van der Waals surface area contributed by atoms with E-state index in [1.807, 2.05) is 76.2 Å². The number of amides is 3. The number of benzene rings is 4. The Balaban J connectivity index is 0.873. The number of anilines is 2. The standard InChI is InChI=1S/C40H50N6O4S2/c1-43-37(47)29-13-7-11-27-33(17-15-31(35(27)29)39(43)49)41-19-9-21-45(3,4)23-25-51-52-26-24-46(5,6)22-10-20-42-34-18-16-32-36-28(34)12-8-14-30(36)38(48)44(2)40(32)50/h7-8,11-18,39,49H,9-10,19-26H2,1-6H3/p+2. The highest BCUT2D eigenvalue weighted by Gasteiger charge is 2.32. The Bertz CT molecular complexity index is 1980. The Labute approximate surface area is 315 Å². The third kappa shape index (κ3) is 7.91. The van der Waals surface area contributed by atoms with Crippen LogP contribution >= 0.6 is 21.6 Å². The lowest BCUT2D eigenvalue weighted by Gasteiger charge is -2.31. The van der Waals surface area contributed by atoms with E-state index >= 15 is 0 Å². The predicted molar refractivity (Wildman–Crippen MR) is 216 cm³/mol. The van der Waals surface area contributed by atoms with Crippen molar-refractivity contribution >= 4 is 72.2 Å². The van der Waals surface area contributed by atoms with Gasteiger partial charge in [-0.3, -0.25) is 19.3 Å². The van der Waals surface area contributed by atoms with Crippen LogP contribution in [-0.2, 0) is 0 Å². The van der Waals surface area contributed by atoms with Gasteiger partial charge in [-0.1, -0.05) is 51.9 Å². The fraction of sp³-hybridized carbons (Fsp3) is 0.425. The number of nitrogens with one attached hydrogen (secondary N) is 2. The SMILES string of the molecule is CN1C(=O)c2cccc3c(NCCC[N+](C)(C)CCSSCC[N+](C)(C)CCCNc4ccc5c6c(cccc46)C(=O)N(C)C5O)ccc(c23)C1=O. The Morgan fingerprint density at radius 1 is 0.635 bits per heavy atom. The maximum absolute atomic E-state index is 12.8. The third-order valence-corrected chi connectivity index (χ3v) is 12.9. The van der Waals surface area contributed by atoms with Gasteiger partial charge in [0.15, 0.2) is 6.23 Å². The fourth-order valence-corrected chi connectivity index (χ4v) is 9.76. The molecule has 1 atom stereocenters. The molecule has 276 valence electrons. The molecule has 2 aliphatic heterocycles. The zero-order chi connectivity index (χ0) is 37.2. The molecule has 10 nitrogen and oxygen atoms in total. The number of aliphatic hydroxyl groups is 1. The van der Waals surface area contributed by atoms with Crippen molar-refractivity contribution < 1.29 is 28.5 Å². The minimum Gasteiger partial charge on any atom is -0.384 e. The molecule has 6 rings (SSSR count). The Morgan fingerprint density at radius 2 is 1.12 bits per heavy atom. The average molecular weight is 745 g/mol. The quantitative estimate of drug-likeness (QED) is 0.0514. The Kier molecular flexibility index (Phi) is 11.4. The van der Waals surface area contributed by atoms with Crippen LogP contribution in [0.3, 0.4) is 0 Å². The predicted octanol–water partition coefficient (Wildman–Crippen LogP) is 6.13. The van der Waals surface area contributed by atoms with Crippen LogP contribution in [0.1, 0.15) is 55.7 Å². The lowest BCUT2D eigenvalue weighted by molar-refractivity contribution is -0.887. The van der Waals surface area contributed by atoms with Crippen LogP contribution in [0.4, 0.5) is 11.4 Å². The van der Waals surface area contributed by atoms with Gasteiger partial charge in [0.1, 0.15) is 0 Å². The summed E-state index contributed by atoms with van der Waals surface area (Å²) in [6.45, 7) is 5.98. The van der Waals surface area contributed by atoms with Crippen LogP contribution in [0, 0.1) is 0 Å². The maximum Gasteiger partial charge on any atom is 0.261 e. The number of quaternary nitrogens is 2. The molecule has 3 N–H and O–H groups in total. The molecule has 0 saturated heterocycles. The molecule has 0 aromatic heterocycles. The van der Waals surface area contributed by atoms with Crippen LogP contribution in [0.5, 0.6) is 0 Å². The number of carbonyl (C=O) groups excluding carboxylic acids is 3. The van der Waals surface area contributed by atoms with E-state index in [9.17, 15) is 19.5 Å². The van der Waals surface area contributed by atoms with Gasteiger partial charge in [0, 0.05) is 95.2 Å². The van der Waals surface area contributed by atoms with E-state index in [4.69, 9.17) is 0 Å². The molecule has 4 aromatic carbocycles. The first-order chi connectivity index (χ1) is 24.8. The van der Waals surface area contributed by atoms with Gasteiger partial charge in [0.25, 0.3) is 17.7 Å². The summed E-state index contributed by atoms with van der Waals surface area (Å²) in [5.41, 5.74) is 4.54. The lowest BCUT2D eigenvalue weighted by atomic mass is 9.92. The molecule has 0 saturated carbocycles. The zero-order valence-electron chi connectivity index (χ0n) is 31.2. The Hall–Kier alpha value is -3.81. The molecule has 0 spiro atoms. The molecule has 4 aromatic rings. The summed E-state index contributed by atoms with van der Waals surface area (Å²) in [5, 5.41) is 21.3. The van der Waals surface area contributed by atoms with Gasteiger partial charge >= 0.3 is 0 Å². The first-order valence-corrected chi connectivity index (χ1v) is 20.5. The maximum atomic E-state index is 12.8. The molecule has 12 heteroatoms. The number of aliphatic hydroxyl groups excluding tert-OH is 1. The molecule has 0 fully saturated rings. The van der Waals surface area contributed by atoms with E-state index in [-0.39, 0.29) is 17.7 Å². The summed E-state index contributed by atoms with van der Waals surface area (Å²) in [5.74, 6) is 1.55. The van der Waals surface area contributed by atoms with Crippen LogP contribution < -0.4 is 10.6 Å². The van der Waals surface area contributed by atoms with Gasteiger partial charge in [-0.05, 0) is 30.3 Å². The number of carbonyl (C=O) groups is 3. The molecule has 2 aliphatic rings. The summed E-state index contributed by atoms with van der Waals surface area (Å²) in [6.07, 6.45) is 1.11. The van der Waals surface area contributed by atoms with Crippen molar-refractivity contribution in [3.63, 3.8) is 0 Å². The summed E-state index contributed by atoms with van der Waals surface area (Å²) < 4.78 is 1.92. The van der Waals surface area contributed by atoms with Crippen molar-refractivity contribution in [1.82, 2.24) is 9.80 Å². The van der Waals surface area contributed by atoms with Gasteiger partial charge in [-0.2, -0.15) is 0 Å². The second-order valence-electron chi connectivity index (χ2n) is 15.2. The number of imide groups is 1. The minimum absolute atomic E-state index is 0.152. The second-order valence-corrected chi connectivity index (χ2v) is 18.0. The van der Waals surface area contributed by atoms with Crippen LogP contribution in [-0.4, -0.2) is 135 Å². The van der Waals surface area contributed by atoms with E-state index in [0.29, 0.717) is 16.7 Å². The highest BCUT2D eigenvalue weighted by molar-refractivity contribution is 8.76. The molecule has 0 bridgehead atoms. The number of hydrogen-bond donors (Lipinski definition) is 3. The van der Waals surface area contributed by atoms with E-state index in [0.717, 1.165) is 111 Å². The van der Waals surface area contributed by atoms with Crippen LogP contribution in [0.15, 0.2) is 60.7 Å².